The highest BCUT2D eigenvalue weighted by Crippen LogP contribution is 2.20. The number of aliphatic hydroxyl groups is 1. The van der Waals surface area contributed by atoms with Gasteiger partial charge in [-0.2, -0.15) is 0 Å². The first-order valence-electron chi connectivity index (χ1n) is 8.45. The molecular weight excluding hydrogens is 288 g/mol. The van der Waals surface area contributed by atoms with Gasteiger partial charge >= 0.3 is 0 Å². The van der Waals surface area contributed by atoms with Gasteiger partial charge in [0.2, 0.25) is 0 Å². The summed E-state index contributed by atoms with van der Waals surface area (Å²) in [7, 11) is 0. The average molecular weight is 314 g/mol. The van der Waals surface area contributed by atoms with Crippen LogP contribution in [0.2, 0.25) is 0 Å². The van der Waals surface area contributed by atoms with Gasteiger partial charge in [-0.1, -0.05) is 30.3 Å². The number of ether oxygens (including phenoxy) is 1. The number of hydrogen-bond acceptors (Lipinski definition) is 4. The fourth-order valence-corrected chi connectivity index (χ4v) is 3.12. The van der Waals surface area contributed by atoms with Gasteiger partial charge in [-0.15, -0.1) is 0 Å². The molecule has 1 heterocycles. The number of piperazine rings is 1. The second-order valence-electron chi connectivity index (χ2n) is 6.35. The number of hydrogen-bond donors (Lipinski definition) is 1. The Balaban J connectivity index is 1.42. The van der Waals surface area contributed by atoms with Crippen LogP contribution in [0.3, 0.4) is 0 Å². The molecule has 0 bridgehead atoms. The standard InChI is InChI=1S/C19H26N2O2/c1-16(22)15-21-10-8-20(9-11-21)12-13-23-19-7-6-17-4-2-3-5-18(17)14-19/h2-7,14,16,22H,8-13,15H2,1H3/t16-/m1/s1. The first-order chi connectivity index (χ1) is 11.2. The lowest BCUT2D eigenvalue weighted by molar-refractivity contribution is 0.0750. The van der Waals surface area contributed by atoms with E-state index in [1.54, 1.807) is 0 Å². The molecule has 4 nitrogen and oxygen atoms in total. The fraction of sp³-hybridized carbons (Fsp3) is 0.474. The van der Waals surface area contributed by atoms with Crippen molar-refractivity contribution < 1.29 is 9.84 Å². The van der Waals surface area contributed by atoms with Crippen LogP contribution in [0, 0.1) is 0 Å². The van der Waals surface area contributed by atoms with Gasteiger partial charge in [-0.05, 0) is 29.8 Å². The number of benzene rings is 2. The van der Waals surface area contributed by atoms with Crippen molar-refractivity contribution >= 4 is 10.8 Å². The first-order valence-corrected chi connectivity index (χ1v) is 8.45. The van der Waals surface area contributed by atoms with Crippen LogP contribution in [-0.4, -0.2) is 66.9 Å². The van der Waals surface area contributed by atoms with Crippen molar-refractivity contribution in [2.75, 3.05) is 45.9 Å². The maximum atomic E-state index is 9.44. The summed E-state index contributed by atoms with van der Waals surface area (Å²) in [5.74, 6) is 0.941. The van der Waals surface area contributed by atoms with Crippen LogP contribution in [-0.2, 0) is 0 Å². The van der Waals surface area contributed by atoms with E-state index in [9.17, 15) is 5.11 Å². The van der Waals surface area contributed by atoms with Crippen LogP contribution >= 0.6 is 0 Å². The SMILES string of the molecule is C[C@@H](O)CN1CCN(CCOc2ccc3ccccc3c2)CC1. The second-order valence-corrected chi connectivity index (χ2v) is 6.35. The topological polar surface area (TPSA) is 35.9 Å². The number of nitrogens with zero attached hydrogens (tertiary/aromatic N) is 2. The summed E-state index contributed by atoms with van der Waals surface area (Å²) in [5.41, 5.74) is 0. The van der Waals surface area contributed by atoms with Crippen molar-refractivity contribution in [1.82, 2.24) is 9.80 Å². The Bertz CT molecular complexity index is 622. The molecule has 3 rings (SSSR count). The van der Waals surface area contributed by atoms with E-state index in [0.29, 0.717) is 0 Å². The summed E-state index contributed by atoms with van der Waals surface area (Å²) in [6, 6.07) is 14.6. The third-order valence-electron chi connectivity index (χ3n) is 4.38. The van der Waals surface area contributed by atoms with Crippen molar-refractivity contribution in [3.05, 3.63) is 42.5 Å². The molecule has 23 heavy (non-hydrogen) atoms. The quantitative estimate of drug-likeness (QED) is 0.887. The smallest absolute Gasteiger partial charge is 0.120 e. The molecule has 1 aliphatic heterocycles. The zero-order chi connectivity index (χ0) is 16.1. The van der Waals surface area contributed by atoms with Gasteiger partial charge in [0, 0.05) is 39.3 Å². The molecule has 0 amide bonds. The van der Waals surface area contributed by atoms with Gasteiger partial charge in [0.25, 0.3) is 0 Å². The Labute approximate surface area is 138 Å². The molecule has 4 heteroatoms. The van der Waals surface area contributed by atoms with E-state index in [1.165, 1.54) is 10.8 Å². The molecule has 1 N–H and O–H groups in total. The van der Waals surface area contributed by atoms with Crippen LogP contribution in [0.25, 0.3) is 10.8 Å². The predicted molar refractivity (Wildman–Crippen MR) is 94.0 cm³/mol. The zero-order valence-corrected chi connectivity index (χ0v) is 13.8. The molecule has 0 spiro atoms. The number of fused-ring (bicyclic) bond motifs is 1. The van der Waals surface area contributed by atoms with E-state index in [1.807, 2.05) is 13.0 Å². The number of aliphatic hydroxyl groups excluding tert-OH is 1. The van der Waals surface area contributed by atoms with Gasteiger partial charge in [0.05, 0.1) is 6.10 Å². The molecule has 1 saturated heterocycles. The lowest BCUT2D eigenvalue weighted by Crippen LogP contribution is -2.49. The average Bonchev–Trinajstić information content (AvgIpc) is 2.56. The minimum absolute atomic E-state index is 0.238. The first kappa shape index (κ1) is 16.2. The van der Waals surface area contributed by atoms with E-state index < -0.39 is 0 Å². The largest absolute Gasteiger partial charge is 0.492 e. The van der Waals surface area contributed by atoms with Crippen LogP contribution in [0.5, 0.6) is 5.75 Å². The minimum atomic E-state index is -0.238. The molecule has 2 aromatic rings. The monoisotopic (exact) mass is 314 g/mol. The molecule has 1 fully saturated rings. The highest BCUT2D eigenvalue weighted by molar-refractivity contribution is 5.83. The lowest BCUT2D eigenvalue weighted by atomic mass is 10.1. The maximum absolute atomic E-state index is 9.44. The van der Waals surface area contributed by atoms with Crippen LogP contribution in [0.15, 0.2) is 42.5 Å². The Morgan fingerprint density at radius 1 is 1.00 bits per heavy atom. The maximum Gasteiger partial charge on any atom is 0.120 e. The normalized spacial score (nSPS) is 18.2. The van der Waals surface area contributed by atoms with Gasteiger partial charge in [0.1, 0.15) is 12.4 Å². The molecule has 1 atom stereocenters. The highest BCUT2D eigenvalue weighted by Gasteiger charge is 2.17. The molecule has 0 radical (unpaired) electrons. The molecule has 0 aliphatic carbocycles. The van der Waals surface area contributed by atoms with Crippen molar-refractivity contribution in [1.29, 1.82) is 0 Å². The summed E-state index contributed by atoms with van der Waals surface area (Å²) in [6.07, 6.45) is -0.238. The molecule has 1 aliphatic rings. The molecule has 124 valence electrons. The molecule has 0 saturated carbocycles. The minimum Gasteiger partial charge on any atom is -0.492 e. The Morgan fingerprint density at radius 3 is 2.43 bits per heavy atom. The summed E-state index contributed by atoms with van der Waals surface area (Å²) in [4.78, 5) is 4.75. The second kappa shape index (κ2) is 7.77. The lowest BCUT2D eigenvalue weighted by Gasteiger charge is -2.35. The van der Waals surface area contributed by atoms with E-state index in [4.69, 9.17) is 4.74 Å². The summed E-state index contributed by atoms with van der Waals surface area (Å²) in [6.45, 7) is 8.46. The van der Waals surface area contributed by atoms with Gasteiger partial charge in [0.15, 0.2) is 0 Å². The summed E-state index contributed by atoms with van der Waals surface area (Å²) >= 11 is 0. The molecule has 2 aromatic carbocycles. The van der Waals surface area contributed by atoms with E-state index in [2.05, 4.69) is 46.2 Å². The predicted octanol–water partition coefficient (Wildman–Crippen LogP) is 2.22. The summed E-state index contributed by atoms with van der Waals surface area (Å²) in [5, 5.41) is 11.9. The molecule has 0 unspecified atom stereocenters. The third kappa shape index (κ3) is 4.67. The number of β-amino-alcohol motifs (C(OH)–C–C–N with tert-alkyl or cyclic N) is 1. The Kier molecular flexibility index (Phi) is 5.49. The van der Waals surface area contributed by atoms with Crippen LogP contribution in [0.4, 0.5) is 0 Å². The third-order valence-corrected chi connectivity index (χ3v) is 4.38. The Hall–Kier alpha value is -1.62. The van der Waals surface area contributed by atoms with Crippen molar-refractivity contribution in [3.63, 3.8) is 0 Å². The van der Waals surface area contributed by atoms with Crippen LogP contribution in [0.1, 0.15) is 6.92 Å². The van der Waals surface area contributed by atoms with Gasteiger partial charge < -0.3 is 9.84 Å². The Morgan fingerprint density at radius 2 is 1.70 bits per heavy atom. The zero-order valence-electron chi connectivity index (χ0n) is 13.8. The van der Waals surface area contributed by atoms with Crippen molar-refractivity contribution in [3.8, 4) is 5.75 Å². The number of rotatable bonds is 6. The van der Waals surface area contributed by atoms with Gasteiger partial charge in [-0.3, -0.25) is 9.80 Å². The summed E-state index contributed by atoms with van der Waals surface area (Å²) < 4.78 is 5.91. The molecular formula is C19H26N2O2. The van der Waals surface area contributed by atoms with Crippen molar-refractivity contribution in [2.24, 2.45) is 0 Å². The van der Waals surface area contributed by atoms with Crippen LogP contribution < -0.4 is 4.74 Å². The molecule has 0 aromatic heterocycles. The highest BCUT2D eigenvalue weighted by atomic mass is 16.5. The van der Waals surface area contributed by atoms with E-state index >= 15 is 0 Å². The van der Waals surface area contributed by atoms with Gasteiger partial charge in [-0.25, -0.2) is 0 Å². The van der Waals surface area contributed by atoms with Crippen molar-refractivity contribution in [2.45, 2.75) is 13.0 Å². The van der Waals surface area contributed by atoms with E-state index in [0.717, 1.165) is 51.6 Å². The fourth-order valence-electron chi connectivity index (χ4n) is 3.12. The van der Waals surface area contributed by atoms with E-state index in [-0.39, 0.29) is 6.10 Å².